The van der Waals surface area contributed by atoms with Crippen LogP contribution in [-0.2, 0) is 11.2 Å². The van der Waals surface area contributed by atoms with Gasteiger partial charge in [0, 0.05) is 16.1 Å². The summed E-state index contributed by atoms with van der Waals surface area (Å²) >= 11 is 3.39. The Hall–Kier alpha value is -1.79. The number of benzene rings is 1. The molecule has 2 heterocycles. The molecule has 1 aromatic heterocycles. The van der Waals surface area contributed by atoms with Crippen LogP contribution in [0.4, 0.5) is 5.69 Å². The van der Waals surface area contributed by atoms with Gasteiger partial charge in [-0.25, -0.2) is 0 Å². The number of carbonyl (C=O) groups is 2. The monoisotopic (exact) mass is 332 g/mol. The quantitative estimate of drug-likeness (QED) is 0.907. The summed E-state index contributed by atoms with van der Waals surface area (Å²) in [6.45, 7) is 1.85. The largest absolute Gasteiger partial charge is 0.366 e. The SMILES string of the molecule is Cc1cc(C(N)=O)ccc1NC(=O)[C@@H]1SCCc2sccc21. The fourth-order valence-electron chi connectivity index (χ4n) is 2.52. The number of hydrogen-bond acceptors (Lipinski definition) is 4. The van der Waals surface area contributed by atoms with E-state index in [1.807, 2.05) is 18.4 Å². The molecule has 114 valence electrons. The highest BCUT2D eigenvalue weighted by molar-refractivity contribution is 8.00. The number of thioether (sulfide) groups is 1. The fraction of sp³-hybridized carbons (Fsp3) is 0.250. The molecule has 2 aromatic rings. The Morgan fingerprint density at radius 2 is 2.14 bits per heavy atom. The standard InChI is InChI=1S/C16H16N2O2S2/c1-9-8-10(15(17)19)2-3-12(9)18-16(20)14-11-4-6-21-13(11)5-7-22-14/h2-4,6,8,14H,5,7H2,1H3,(H2,17,19)(H,18,20)/t14-/m1/s1. The first-order valence-electron chi connectivity index (χ1n) is 6.95. The highest BCUT2D eigenvalue weighted by atomic mass is 32.2. The van der Waals surface area contributed by atoms with E-state index in [2.05, 4.69) is 5.32 Å². The second kappa shape index (κ2) is 6.14. The third-order valence-corrected chi connectivity index (χ3v) is 5.92. The van der Waals surface area contributed by atoms with E-state index in [1.165, 1.54) is 4.88 Å². The molecule has 0 saturated carbocycles. The van der Waals surface area contributed by atoms with Gasteiger partial charge in [0.25, 0.3) is 0 Å². The molecule has 6 heteroatoms. The number of nitrogens with one attached hydrogen (secondary N) is 1. The average Bonchev–Trinajstić information content (AvgIpc) is 2.97. The third kappa shape index (κ3) is 2.89. The molecule has 0 fully saturated rings. The van der Waals surface area contributed by atoms with Crippen LogP contribution in [0.2, 0.25) is 0 Å². The molecule has 1 aliphatic rings. The van der Waals surface area contributed by atoms with Crippen LogP contribution in [0.15, 0.2) is 29.6 Å². The molecule has 0 aliphatic carbocycles. The van der Waals surface area contributed by atoms with Crippen molar-refractivity contribution in [2.45, 2.75) is 18.6 Å². The molecule has 1 aromatic carbocycles. The van der Waals surface area contributed by atoms with Gasteiger partial charge in [-0.3, -0.25) is 9.59 Å². The van der Waals surface area contributed by atoms with Crippen LogP contribution in [-0.4, -0.2) is 17.6 Å². The van der Waals surface area contributed by atoms with E-state index in [0.717, 1.165) is 29.0 Å². The Labute approximate surface area is 137 Å². The number of anilines is 1. The number of rotatable bonds is 3. The molecular weight excluding hydrogens is 316 g/mol. The minimum absolute atomic E-state index is 0.0146. The van der Waals surface area contributed by atoms with E-state index in [0.29, 0.717) is 5.56 Å². The Bertz CT molecular complexity index is 739. The smallest absolute Gasteiger partial charge is 0.248 e. The van der Waals surface area contributed by atoms with Crippen LogP contribution in [0.5, 0.6) is 0 Å². The molecule has 2 amide bonds. The van der Waals surface area contributed by atoms with Gasteiger partial charge in [0.1, 0.15) is 5.25 Å². The lowest BCUT2D eigenvalue weighted by Gasteiger charge is -2.22. The summed E-state index contributed by atoms with van der Waals surface area (Å²) in [7, 11) is 0. The van der Waals surface area contributed by atoms with Gasteiger partial charge in [-0.1, -0.05) is 0 Å². The molecular formula is C16H16N2O2S2. The van der Waals surface area contributed by atoms with Crippen molar-refractivity contribution in [3.63, 3.8) is 0 Å². The Morgan fingerprint density at radius 3 is 2.86 bits per heavy atom. The van der Waals surface area contributed by atoms with Crippen LogP contribution in [0.3, 0.4) is 0 Å². The first-order valence-corrected chi connectivity index (χ1v) is 8.88. The van der Waals surface area contributed by atoms with E-state index < -0.39 is 5.91 Å². The van der Waals surface area contributed by atoms with Crippen molar-refractivity contribution in [3.05, 3.63) is 51.2 Å². The second-order valence-corrected chi connectivity index (χ2v) is 7.40. The minimum atomic E-state index is -0.466. The zero-order valence-corrected chi connectivity index (χ0v) is 13.7. The normalized spacial score (nSPS) is 16.9. The number of fused-ring (bicyclic) bond motifs is 1. The molecule has 22 heavy (non-hydrogen) atoms. The van der Waals surface area contributed by atoms with Crippen LogP contribution in [0, 0.1) is 6.92 Å². The molecule has 4 nitrogen and oxygen atoms in total. The van der Waals surface area contributed by atoms with Crippen molar-refractivity contribution in [2.24, 2.45) is 5.73 Å². The van der Waals surface area contributed by atoms with E-state index in [4.69, 9.17) is 5.73 Å². The predicted octanol–water partition coefficient (Wildman–Crippen LogP) is 3.12. The number of hydrogen-bond donors (Lipinski definition) is 2. The lowest BCUT2D eigenvalue weighted by atomic mass is 10.1. The van der Waals surface area contributed by atoms with Crippen molar-refractivity contribution in [1.29, 1.82) is 0 Å². The summed E-state index contributed by atoms with van der Waals surface area (Å²) in [6.07, 6.45) is 1.04. The maximum atomic E-state index is 12.6. The average molecular weight is 332 g/mol. The number of carbonyl (C=O) groups excluding carboxylic acids is 2. The summed E-state index contributed by atoms with van der Waals surface area (Å²) < 4.78 is 0. The van der Waals surface area contributed by atoms with Gasteiger partial charge in [-0.05, 0) is 59.9 Å². The first kappa shape index (κ1) is 15.1. The highest BCUT2D eigenvalue weighted by Gasteiger charge is 2.28. The zero-order valence-electron chi connectivity index (χ0n) is 12.1. The van der Waals surface area contributed by atoms with Crippen molar-refractivity contribution >= 4 is 40.6 Å². The molecule has 0 spiro atoms. The highest BCUT2D eigenvalue weighted by Crippen LogP contribution is 2.40. The Kier molecular flexibility index (Phi) is 4.22. The van der Waals surface area contributed by atoms with Gasteiger partial charge in [0.05, 0.1) is 0 Å². The maximum Gasteiger partial charge on any atom is 0.248 e. The lowest BCUT2D eigenvalue weighted by Crippen LogP contribution is -2.22. The van der Waals surface area contributed by atoms with Crippen LogP contribution < -0.4 is 11.1 Å². The number of nitrogens with two attached hydrogens (primary N) is 1. The van der Waals surface area contributed by atoms with Gasteiger partial charge in [-0.2, -0.15) is 0 Å². The molecule has 3 N–H and O–H groups in total. The molecule has 1 aliphatic heterocycles. The number of amides is 2. The van der Waals surface area contributed by atoms with Crippen molar-refractivity contribution < 1.29 is 9.59 Å². The van der Waals surface area contributed by atoms with Gasteiger partial charge in [0.2, 0.25) is 11.8 Å². The lowest BCUT2D eigenvalue weighted by molar-refractivity contribution is -0.115. The molecule has 0 radical (unpaired) electrons. The topological polar surface area (TPSA) is 72.2 Å². The fourth-order valence-corrected chi connectivity index (χ4v) is 4.81. The third-order valence-electron chi connectivity index (χ3n) is 3.68. The van der Waals surface area contributed by atoms with Crippen LogP contribution in [0.1, 0.15) is 31.6 Å². The van der Waals surface area contributed by atoms with Crippen molar-refractivity contribution in [3.8, 4) is 0 Å². The van der Waals surface area contributed by atoms with Crippen molar-refractivity contribution in [2.75, 3.05) is 11.1 Å². The van der Waals surface area contributed by atoms with Crippen LogP contribution in [0.25, 0.3) is 0 Å². The molecule has 0 bridgehead atoms. The van der Waals surface area contributed by atoms with E-state index >= 15 is 0 Å². The Balaban J connectivity index is 1.80. The number of aryl methyl sites for hydroxylation is 2. The van der Waals surface area contributed by atoms with Gasteiger partial charge in [0.15, 0.2) is 0 Å². The molecule has 3 rings (SSSR count). The minimum Gasteiger partial charge on any atom is -0.366 e. The Morgan fingerprint density at radius 1 is 1.32 bits per heavy atom. The van der Waals surface area contributed by atoms with E-state index in [1.54, 1.807) is 41.3 Å². The first-order chi connectivity index (χ1) is 10.6. The summed E-state index contributed by atoms with van der Waals surface area (Å²) in [6, 6.07) is 7.10. The summed E-state index contributed by atoms with van der Waals surface area (Å²) in [5, 5.41) is 4.85. The summed E-state index contributed by atoms with van der Waals surface area (Å²) in [5.74, 6) is 0.483. The number of primary amides is 1. The summed E-state index contributed by atoms with van der Waals surface area (Å²) in [4.78, 5) is 25.1. The van der Waals surface area contributed by atoms with Crippen LogP contribution >= 0.6 is 23.1 Å². The van der Waals surface area contributed by atoms with E-state index in [-0.39, 0.29) is 11.2 Å². The zero-order chi connectivity index (χ0) is 15.7. The maximum absolute atomic E-state index is 12.6. The van der Waals surface area contributed by atoms with Gasteiger partial charge >= 0.3 is 0 Å². The summed E-state index contributed by atoms with van der Waals surface area (Å²) in [5.41, 5.74) is 8.39. The van der Waals surface area contributed by atoms with Gasteiger partial charge < -0.3 is 11.1 Å². The molecule has 0 unspecified atom stereocenters. The second-order valence-electron chi connectivity index (χ2n) is 5.18. The number of thiophene rings is 1. The van der Waals surface area contributed by atoms with E-state index in [9.17, 15) is 9.59 Å². The molecule has 1 atom stereocenters. The van der Waals surface area contributed by atoms with Crippen molar-refractivity contribution in [1.82, 2.24) is 0 Å². The molecule has 0 saturated heterocycles. The van der Waals surface area contributed by atoms with Gasteiger partial charge in [-0.15, -0.1) is 23.1 Å². The predicted molar refractivity (Wildman–Crippen MR) is 91.5 cm³/mol.